The third-order valence-corrected chi connectivity index (χ3v) is 4.86. The van der Waals surface area contributed by atoms with Gasteiger partial charge in [0.15, 0.2) is 0 Å². The standard InChI is InChI=1S/C20H19FN2OS/c21-18-9-2-1-5-17(18)14-25-12-11-22-19(24)13-16-7-3-6-15-8-4-10-23-20(15)16/h1-10H,11-14H2,(H,22,24). The molecule has 25 heavy (non-hydrogen) atoms. The Kier molecular flexibility index (Phi) is 6.01. The zero-order valence-electron chi connectivity index (χ0n) is 13.7. The molecule has 1 amide bonds. The maximum absolute atomic E-state index is 13.5. The number of para-hydroxylation sites is 1. The first-order valence-electron chi connectivity index (χ1n) is 8.14. The predicted molar refractivity (Wildman–Crippen MR) is 101 cm³/mol. The molecule has 3 nitrogen and oxygen atoms in total. The third-order valence-electron chi connectivity index (χ3n) is 3.85. The van der Waals surface area contributed by atoms with Crippen LogP contribution in [0, 0.1) is 5.82 Å². The fourth-order valence-corrected chi connectivity index (χ4v) is 3.45. The van der Waals surface area contributed by atoms with E-state index in [1.54, 1.807) is 30.1 Å². The van der Waals surface area contributed by atoms with Gasteiger partial charge in [0.25, 0.3) is 0 Å². The number of nitrogens with zero attached hydrogens (tertiary/aromatic N) is 1. The van der Waals surface area contributed by atoms with E-state index in [0.717, 1.165) is 22.2 Å². The fourth-order valence-electron chi connectivity index (χ4n) is 2.61. The molecule has 2 aromatic carbocycles. The number of pyridine rings is 1. The quantitative estimate of drug-likeness (QED) is 0.653. The highest BCUT2D eigenvalue weighted by atomic mass is 32.2. The number of hydrogen-bond acceptors (Lipinski definition) is 3. The molecule has 1 N–H and O–H groups in total. The molecule has 0 unspecified atom stereocenters. The molecule has 0 bridgehead atoms. The summed E-state index contributed by atoms with van der Waals surface area (Å²) in [6, 6.07) is 16.5. The number of amides is 1. The summed E-state index contributed by atoms with van der Waals surface area (Å²) in [5.41, 5.74) is 2.49. The van der Waals surface area contributed by atoms with Gasteiger partial charge in [0.05, 0.1) is 11.9 Å². The minimum absolute atomic E-state index is 0.0235. The van der Waals surface area contributed by atoms with Crippen LogP contribution >= 0.6 is 11.8 Å². The maximum Gasteiger partial charge on any atom is 0.224 e. The third kappa shape index (κ3) is 4.79. The topological polar surface area (TPSA) is 42.0 Å². The maximum atomic E-state index is 13.5. The van der Waals surface area contributed by atoms with Crippen LogP contribution in [0.2, 0.25) is 0 Å². The van der Waals surface area contributed by atoms with E-state index in [-0.39, 0.29) is 11.7 Å². The lowest BCUT2D eigenvalue weighted by Gasteiger charge is -2.07. The van der Waals surface area contributed by atoms with Gasteiger partial charge in [-0.05, 0) is 23.3 Å². The Labute approximate surface area is 150 Å². The molecular weight excluding hydrogens is 335 g/mol. The van der Waals surface area contributed by atoms with Crippen molar-refractivity contribution < 1.29 is 9.18 Å². The first-order chi connectivity index (χ1) is 12.2. The second-order valence-corrected chi connectivity index (χ2v) is 6.77. The molecule has 0 aliphatic carbocycles. The number of carbonyl (C=O) groups excluding carboxylic acids is 1. The molecule has 0 saturated heterocycles. The summed E-state index contributed by atoms with van der Waals surface area (Å²) in [6.45, 7) is 0.566. The number of rotatable bonds is 7. The van der Waals surface area contributed by atoms with Gasteiger partial charge in [-0.15, -0.1) is 0 Å². The smallest absolute Gasteiger partial charge is 0.224 e. The van der Waals surface area contributed by atoms with Crippen molar-refractivity contribution in [2.24, 2.45) is 0 Å². The van der Waals surface area contributed by atoms with E-state index >= 15 is 0 Å². The zero-order chi connectivity index (χ0) is 17.5. The molecule has 0 spiro atoms. The highest BCUT2D eigenvalue weighted by Crippen LogP contribution is 2.17. The van der Waals surface area contributed by atoms with Gasteiger partial charge >= 0.3 is 0 Å². The van der Waals surface area contributed by atoms with E-state index in [1.165, 1.54) is 6.07 Å². The van der Waals surface area contributed by atoms with Gasteiger partial charge in [-0.25, -0.2) is 4.39 Å². The van der Waals surface area contributed by atoms with Crippen LogP contribution in [0.3, 0.4) is 0 Å². The zero-order valence-corrected chi connectivity index (χ0v) is 14.6. The van der Waals surface area contributed by atoms with Gasteiger partial charge in [0.1, 0.15) is 5.82 Å². The van der Waals surface area contributed by atoms with Crippen LogP contribution in [0.5, 0.6) is 0 Å². The average molecular weight is 354 g/mol. The number of fused-ring (bicyclic) bond motifs is 1. The monoisotopic (exact) mass is 354 g/mol. The largest absolute Gasteiger partial charge is 0.355 e. The highest BCUT2D eigenvalue weighted by Gasteiger charge is 2.07. The van der Waals surface area contributed by atoms with Gasteiger partial charge in [-0.1, -0.05) is 42.5 Å². The van der Waals surface area contributed by atoms with Crippen LogP contribution in [0.4, 0.5) is 4.39 Å². The summed E-state index contributed by atoms with van der Waals surface area (Å²) in [7, 11) is 0. The van der Waals surface area contributed by atoms with Crippen molar-refractivity contribution in [1.29, 1.82) is 0 Å². The average Bonchev–Trinajstić information content (AvgIpc) is 2.63. The number of benzene rings is 2. The van der Waals surface area contributed by atoms with Crippen molar-refractivity contribution in [2.75, 3.05) is 12.3 Å². The molecule has 1 aromatic heterocycles. The highest BCUT2D eigenvalue weighted by molar-refractivity contribution is 7.98. The Morgan fingerprint density at radius 1 is 1.04 bits per heavy atom. The van der Waals surface area contributed by atoms with E-state index in [1.807, 2.05) is 36.4 Å². The number of halogens is 1. The normalized spacial score (nSPS) is 10.8. The number of thioether (sulfide) groups is 1. The minimum Gasteiger partial charge on any atom is -0.355 e. The Hall–Kier alpha value is -2.40. The van der Waals surface area contributed by atoms with Crippen molar-refractivity contribution >= 4 is 28.6 Å². The van der Waals surface area contributed by atoms with Gasteiger partial charge in [-0.2, -0.15) is 11.8 Å². The molecule has 0 saturated carbocycles. The van der Waals surface area contributed by atoms with Crippen LogP contribution in [0.1, 0.15) is 11.1 Å². The van der Waals surface area contributed by atoms with Crippen molar-refractivity contribution in [2.45, 2.75) is 12.2 Å². The Morgan fingerprint density at radius 3 is 2.72 bits per heavy atom. The van der Waals surface area contributed by atoms with Crippen molar-refractivity contribution in [1.82, 2.24) is 10.3 Å². The number of carbonyl (C=O) groups is 1. The molecule has 0 aliphatic rings. The van der Waals surface area contributed by atoms with Crippen LogP contribution in [-0.4, -0.2) is 23.2 Å². The lowest BCUT2D eigenvalue weighted by atomic mass is 10.1. The van der Waals surface area contributed by atoms with Crippen molar-refractivity contribution in [3.8, 4) is 0 Å². The summed E-state index contributed by atoms with van der Waals surface area (Å²) in [5.74, 6) is 1.15. The van der Waals surface area contributed by atoms with Gasteiger partial charge in [0.2, 0.25) is 5.91 Å². The predicted octanol–water partition coefficient (Wildman–Crippen LogP) is 3.97. The molecule has 128 valence electrons. The summed E-state index contributed by atoms with van der Waals surface area (Å²) in [6.07, 6.45) is 2.05. The van der Waals surface area contributed by atoms with Crippen molar-refractivity contribution in [3.05, 3.63) is 77.7 Å². The number of aromatic nitrogens is 1. The summed E-state index contributed by atoms with van der Waals surface area (Å²) in [4.78, 5) is 16.5. The fraction of sp³-hybridized carbons (Fsp3) is 0.200. The Bertz CT molecular complexity index is 864. The lowest BCUT2D eigenvalue weighted by molar-refractivity contribution is -0.120. The second-order valence-electron chi connectivity index (χ2n) is 5.66. The molecule has 0 aliphatic heterocycles. The van der Waals surface area contributed by atoms with E-state index in [9.17, 15) is 9.18 Å². The molecule has 0 fully saturated rings. The number of hydrogen-bond donors (Lipinski definition) is 1. The summed E-state index contributed by atoms with van der Waals surface area (Å²) in [5, 5.41) is 3.95. The summed E-state index contributed by atoms with van der Waals surface area (Å²) < 4.78 is 13.5. The molecule has 1 heterocycles. The van der Waals surface area contributed by atoms with Gasteiger partial charge in [0, 0.05) is 29.6 Å². The summed E-state index contributed by atoms with van der Waals surface area (Å²) >= 11 is 1.60. The second kappa shape index (κ2) is 8.62. The molecule has 0 atom stereocenters. The van der Waals surface area contributed by atoms with Crippen LogP contribution in [0.15, 0.2) is 60.8 Å². The molecule has 0 radical (unpaired) electrons. The van der Waals surface area contributed by atoms with Gasteiger partial charge < -0.3 is 5.32 Å². The van der Waals surface area contributed by atoms with Crippen molar-refractivity contribution in [3.63, 3.8) is 0 Å². The first-order valence-corrected chi connectivity index (χ1v) is 9.30. The molecular formula is C20H19FN2OS. The first kappa shape index (κ1) is 17.4. The van der Waals surface area contributed by atoms with Crippen LogP contribution in [-0.2, 0) is 17.0 Å². The van der Waals surface area contributed by atoms with E-state index < -0.39 is 0 Å². The van der Waals surface area contributed by atoms with E-state index in [0.29, 0.717) is 24.3 Å². The molecule has 3 rings (SSSR count). The Balaban J connectivity index is 1.44. The van der Waals surface area contributed by atoms with Gasteiger partial charge in [-0.3, -0.25) is 9.78 Å². The van der Waals surface area contributed by atoms with Crippen LogP contribution < -0.4 is 5.32 Å². The minimum atomic E-state index is -0.178. The molecule has 5 heteroatoms. The van der Waals surface area contributed by atoms with E-state index in [2.05, 4.69) is 10.3 Å². The van der Waals surface area contributed by atoms with E-state index in [4.69, 9.17) is 0 Å². The number of nitrogens with one attached hydrogen (secondary N) is 1. The molecule has 3 aromatic rings. The SMILES string of the molecule is O=C(Cc1cccc2cccnc12)NCCSCc1ccccc1F. The lowest BCUT2D eigenvalue weighted by Crippen LogP contribution is -2.27. The van der Waals surface area contributed by atoms with Crippen LogP contribution in [0.25, 0.3) is 10.9 Å². The Morgan fingerprint density at radius 2 is 1.84 bits per heavy atom.